The molecule has 162 valence electrons. The van der Waals surface area contributed by atoms with E-state index in [4.69, 9.17) is 4.74 Å². The Bertz CT molecular complexity index is 1130. The van der Waals surface area contributed by atoms with Crippen LogP contribution in [0.3, 0.4) is 0 Å². The van der Waals surface area contributed by atoms with Crippen LogP contribution in [-0.2, 0) is 17.7 Å². The molecular weight excluding hydrogens is 390 g/mol. The van der Waals surface area contributed by atoms with Crippen molar-refractivity contribution >= 4 is 16.9 Å². The molecule has 6 heteroatoms. The van der Waals surface area contributed by atoms with E-state index < -0.39 is 0 Å². The van der Waals surface area contributed by atoms with Gasteiger partial charge in [0, 0.05) is 30.7 Å². The van der Waals surface area contributed by atoms with Gasteiger partial charge in [-0.3, -0.25) is 4.79 Å². The molecule has 1 saturated heterocycles. The Hall–Kier alpha value is -3.12. The maximum Gasteiger partial charge on any atom is 0.320 e. The lowest BCUT2D eigenvalue weighted by atomic mass is 10.1. The second kappa shape index (κ2) is 9.35. The standard InChI is InChI=1S/C25H29N3O3/c1-18-7-8-23-21(15-18)16-22(24(29)26-23)17-28(25(30)27-11-13-31-14-12-27)10-9-20-6-4-3-5-19(20)2/h3-8,15-16H,9-14,17H2,1-2H3,(H,26,29). The van der Waals surface area contributed by atoms with Gasteiger partial charge in [0.15, 0.2) is 0 Å². The molecule has 3 aromatic rings. The van der Waals surface area contributed by atoms with Crippen molar-refractivity contribution in [3.63, 3.8) is 0 Å². The van der Waals surface area contributed by atoms with Crippen LogP contribution in [-0.4, -0.2) is 53.7 Å². The summed E-state index contributed by atoms with van der Waals surface area (Å²) in [5, 5.41) is 0.979. The number of ether oxygens (including phenoxy) is 1. The first-order valence-corrected chi connectivity index (χ1v) is 10.8. The summed E-state index contributed by atoms with van der Waals surface area (Å²) in [6, 6.07) is 16.0. The predicted octanol–water partition coefficient (Wildman–Crippen LogP) is 3.64. The first-order chi connectivity index (χ1) is 15.0. The number of urea groups is 1. The number of pyridine rings is 1. The van der Waals surface area contributed by atoms with Crippen LogP contribution < -0.4 is 5.56 Å². The van der Waals surface area contributed by atoms with Crippen molar-refractivity contribution in [1.29, 1.82) is 0 Å². The molecule has 2 heterocycles. The van der Waals surface area contributed by atoms with E-state index in [1.54, 1.807) is 4.90 Å². The minimum Gasteiger partial charge on any atom is -0.378 e. The zero-order valence-corrected chi connectivity index (χ0v) is 18.2. The molecule has 0 atom stereocenters. The molecule has 1 aromatic heterocycles. The number of carbonyl (C=O) groups excluding carboxylic acids is 1. The molecule has 1 fully saturated rings. The third-order valence-corrected chi connectivity index (χ3v) is 5.90. The van der Waals surface area contributed by atoms with Crippen molar-refractivity contribution in [3.8, 4) is 0 Å². The molecule has 2 amide bonds. The smallest absolute Gasteiger partial charge is 0.320 e. The maximum atomic E-state index is 13.3. The van der Waals surface area contributed by atoms with Crippen molar-refractivity contribution in [2.45, 2.75) is 26.8 Å². The molecule has 31 heavy (non-hydrogen) atoms. The van der Waals surface area contributed by atoms with E-state index in [0.717, 1.165) is 22.9 Å². The predicted molar refractivity (Wildman–Crippen MR) is 122 cm³/mol. The highest BCUT2D eigenvalue weighted by atomic mass is 16.5. The second-order valence-corrected chi connectivity index (χ2v) is 8.19. The minimum atomic E-state index is -0.146. The van der Waals surface area contributed by atoms with Crippen molar-refractivity contribution in [2.75, 3.05) is 32.8 Å². The normalized spacial score (nSPS) is 14.1. The van der Waals surface area contributed by atoms with Crippen LogP contribution in [0.1, 0.15) is 22.3 Å². The van der Waals surface area contributed by atoms with E-state index in [0.29, 0.717) is 38.4 Å². The van der Waals surface area contributed by atoms with Gasteiger partial charge in [0.25, 0.3) is 5.56 Å². The van der Waals surface area contributed by atoms with Gasteiger partial charge in [-0.25, -0.2) is 4.79 Å². The highest BCUT2D eigenvalue weighted by molar-refractivity contribution is 5.80. The van der Waals surface area contributed by atoms with Crippen LogP contribution in [0.25, 0.3) is 10.9 Å². The third-order valence-electron chi connectivity index (χ3n) is 5.90. The van der Waals surface area contributed by atoms with E-state index in [1.165, 1.54) is 11.1 Å². The Morgan fingerprint density at radius 1 is 1.06 bits per heavy atom. The first-order valence-electron chi connectivity index (χ1n) is 10.8. The first kappa shape index (κ1) is 21.1. The number of carbonyl (C=O) groups is 1. The number of nitrogens with zero attached hydrogens (tertiary/aromatic N) is 2. The van der Waals surface area contributed by atoms with Crippen LogP contribution in [0.2, 0.25) is 0 Å². The number of aryl methyl sites for hydroxylation is 2. The second-order valence-electron chi connectivity index (χ2n) is 8.19. The molecular formula is C25H29N3O3. The fourth-order valence-corrected chi connectivity index (χ4v) is 4.04. The molecule has 4 rings (SSSR count). The summed E-state index contributed by atoms with van der Waals surface area (Å²) in [7, 11) is 0. The fraction of sp³-hybridized carbons (Fsp3) is 0.360. The monoisotopic (exact) mass is 419 g/mol. The van der Waals surface area contributed by atoms with Crippen molar-refractivity contribution < 1.29 is 9.53 Å². The van der Waals surface area contributed by atoms with Gasteiger partial charge in [-0.2, -0.15) is 0 Å². The number of hydrogen-bond donors (Lipinski definition) is 1. The van der Waals surface area contributed by atoms with Gasteiger partial charge in [-0.1, -0.05) is 35.9 Å². The van der Waals surface area contributed by atoms with Gasteiger partial charge >= 0.3 is 6.03 Å². The number of hydrogen-bond acceptors (Lipinski definition) is 3. The van der Waals surface area contributed by atoms with Gasteiger partial charge in [0.1, 0.15) is 0 Å². The number of fused-ring (bicyclic) bond motifs is 1. The average molecular weight is 420 g/mol. The van der Waals surface area contributed by atoms with E-state index in [2.05, 4.69) is 30.1 Å². The summed E-state index contributed by atoms with van der Waals surface area (Å²) in [6.07, 6.45) is 0.743. The quantitative estimate of drug-likeness (QED) is 0.687. The molecule has 1 aliphatic rings. The van der Waals surface area contributed by atoms with E-state index in [9.17, 15) is 9.59 Å². The number of benzene rings is 2. The van der Waals surface area contributed by atoms with Gasteiger partial charge in [-0.05, 0) is 55.0 Å². The van der Waals surface area contributed by atoms with Crippen LogP contribution in [0, 0.1) is 13.8 Å². The average Bonchev–Trinajstić information content (AvgIpc) is 2.78. The number of morpholine rings is 1. The number of amides is 2. The highest BCUT2D eigenvalue weighted by Gasteiger charge is 2.24. The molecule has 1 aliphatic heterocycles. The molecule has 0 saturated carbocycles. The summed E-state index contributed by atoms with van der Waals surface area (Å²) >= 11 is 0. The van der Waals surface area contributed by atoms with Crippen molar-refractivity contribution in [2.24, 2.45) is 0 Å². The van der Waals surface area contributed by atoms with Gasteiger partial charge in [0.2, 0.25) is 0 Å². The number of nitrogens with one attached hydrogen (secondary N) is 1. The minimum absolute atomic E-state index is 0.0411. The maximum absolute atomic E-state index is 13.3. The number of aromatic amines is 1. The molecule has 2 aromatic carbocycles. The van der Waals surface area contributed by atoms with Crippen molar-refractivity contribution in [3.05, 3.63) is 81.1 Å². The van der Waals surface area contributed by atoms with Crippen LogP contribution >= 0.6 is 0 Å². The van der Waals surface area contributed by atoms with Crippen LogP contribution in [0.15, 0.2) is 53.3 Å². The molecule has 0 aliphatic carbocycles. The third kappa shape index (κ3) is 4.97. The Kier molecular flexibility index (Phi) is 6.37. The zero-order valence-electron chi connectivity index (χ0n) is 18.2. The number of aromatic nitrogens is 1. The molecule has 0 bridgehead atoms. The number of H-pyrrole nitrogens is 1. The van der Waals surface area contributed by atoms with Gasteiger partial charge in [-0.15, -0.1) is 0 Å². The summed E-state index contributed by atoms with van der Waals surface area (Å²) in [5.41, 5.74) is 4.82. The summed E-state index contributed by atoms with van der Waals surface area (Å²) in [5.74, 6) is 0. The van der Waals surface area contributed by atoms with Gasteiger partial charge in [0.05, 0.1) is 19.8 Å². The summed E-state index contributed by atoms with van der Waals surface area (Å²) < 4.78 is 5.40. The Morgan fingerprint density at radius 3 is 2.61 bits per heavy atom. The molecule has 0 radical (unpaired) electrons. The summed E-state index contributed by atoms with van der Waals surface area (Å²) in [4.78, 5) is 32.7. The summed E-state index contributed by atoms with van der Waals surface area (Å²) in [6.45, 7) is 7.19. The fourth-order valence-electron chi connectivity index (χ4n) is 4.04. The van der Waals surface area contributed by atoms with Crippen LogP contribution in [0.5, 0.6) is 0 Å². The topological polar surface area (TPSA) is 65.6 Å². The van der Waals surface area contributed by atoms with E-state index >= 15 is 0 Å². The Labute approximate surface area is 182 Å². The lowest BCUT2D eigenvalue weighted by Gasteiger charge is -2.33. The van der Waals surface area contributed by atoms with E-state index in [1.807, 2.05) is 42.2 Å². The lowest BCUT2D eigenvalue weighted by Crippen LogP contribution is -2.48. The zero-order chi connectivity index (χ0) is 21.8. The Morgan fingerprint density at radius 2 is 1.84 bits per heavy atom. The molecule has 1 N–H and O–H groups in total. The number of rotatable bonds is 5. The van der Waals surface area contributed by atoms with Gasteiger partial charge < -0.3 is 19.5 Å². The van der Waals surface area contributed by atoms with Crippen LogP contribution in [0.4, 0.5) is 4.79 Å². The largest absolute Gasteiger partial charge is 0.378 e. The van der Waals surface area contributed by atoms with E-state index in [-0.39, 0.29) is 18.1 Å². The molecule has 0 spiro atoms. The SMILES string of the molecule is Cc1ccc2[nH]c(=O)c(CN(CCc3ccccc3C)C(=O)N3CCOCC3)cc2c1. The Balaban J connectivity index is 1.61. The van der Waals surface area contributed by atoms with Crippen molar-refractivity contribution in [1.82, 2.24) is 14.8 Å². The lowest BCUT2D eigenvalue weighted by molar-refractivity contribution is 0.0426. The molecule has 6 nitrogen and oxygen atoms in total. The molecule has 0 unspecified atom stereocenters. The highest BCUT2D eigenvalue weighted by Crippen LogP contribution is 2.16.